The van der Waals surface area contributed by atoms with Gasteiger partial charge in [-0.3, -0.25) is 4.79 Å². The molecule has 0 aromatic heterocycles. The summed E-state index contributed by atoms with van der Waals surface area (Å²) >= 11 is 0. The van der Waals surface area contributed by atoms with Crippen molar-refractivity contribution in [2.75, 3.05) is 31.7 Å². The number of hydrogen-bond donors (Lipinski definition) is 1. The van der Waals surface area contributed by atoms with Crippen molar-refractivity contribution in [1.29, 1.82) is 0 Å². The molecule has 0 spiro atoms. The van der Waals surface area contributed by atoms with E-state index < -0.39 is 6.67 Å². The number of amides is 1. The number of anilines is 1. The van der Waals surface area contributed by atoms with Crippen LogP contribution in [0.2, 0.25) is 0 Å². The molecule has 2 aliphatic rings. The Hall–Kier alpha value is -3.80. The first-order valence-corrected chi connectivity index (χ1v) is 12.1. The molecule has 1 amide bonds. The van der Waals surface area contributed by atoms with Gasteiger partial charge in [-0.2, -0.15) is 0 Å². The third kappa shape index (κ3) is 5.16. The Balaban J connectivity index is 1.32. The molecule has 0 radical (unpaired) electrons. The lowest BCUT2D eigenvalue weighted by Crippen LogP contribution is -2.40. The van der Waals surface area contributed by atoms with E-state index in [1.54, 1.807) is 12.5 Å². The molecule has 5 nitrogen and oxygen atoms in total. The van der Waals surface area contributed by atoms with Gasteiger partial charge in [0.25, 0.3) is 5.91 Å². The van der Waals surface area contributed by atoms with Gasteiger partial charge in [-0.1, -0.05) is 42.5 Å². The standard InChI is InChI=1S/C29H29FN2O3/c30-13-17-34-25-8-4-7-23(19-25)28(21-5-2-1-3-6-21)22-11-15-32(16-12-22)29(33)24-9-10-27-26(20-24)31-14-18-35-27/h1-10,14,18-20,22,28,31H,11-13,15-17H2. The first-order valence-electron chi connectivity index (χ1n) is 12.1. The maximum atomic E-state index is 13.2. The highest BCUT2D eigenvalue weighted by Crippen LogP contribution is 2.39. The summed E-state index contributed by atoms with van der Waals surface area (Å²) in [5, 5.41) is 3.13. The molecule has 1 atom stereocenters. The third-order valence-electron chi connectivity index (χ3n) is 6.75. The minimum atomic E-state index is -0.511. The molecule has 1 saturated heterocycles. The van der Waals surface area contributed by atoms with Crippen LogP contribution in [0.4, 0.5) is 10.1 Å². The van der Waals surface area contributed by atoms with Crippen molar-refractivity contribution in [2.24, 2.45) is 5.92 Å². The largest absolute Gasteiger partial charge is 0.491 e. The number of nitrogens with one attached hydrogen (secondary N) is 1. The van der Waals surface area contributed by atoms with Crippen LogP contribution in [0.1, 0.15) is 40.2 Å². The molecule has 0 bridgehead atoms. The molecule has 3 aromatic rings. The van der Waals surface area contributed by atoms with Crippen molar-refractivity contribution in [1.82, 2.24) is 4.90 Å². The minimum absolute atomic E-state index is 0.0421. The summed E-state index contributed by atoms with van der Waals surface area (Å²) in [7, 11) is 0. The van der Waals surface area contributed by atoms with E-state index in [4.69, 9.17) is 9.47 Å². The second-order valence-corrected chi connectivity index (χ2v) is 8.90. The maximum Gasteiger partial charge on any atom is 0.253 e. The van der Waals surface area contributed by atoms with Gasteiger partial charge in [-0.15, -0.1) is 0 Å². The SMILES string of the molecule is O=C(c1ccc2c(c1)NC=CO2)N1CCC(C(c2ccccc2)c2cccc(OCCF)c2)CC1. The average molecular weight is 473 g/mol. The number of halogens is 1. The van der Waals surface area contributed by atoms with Gasteiger partial charge in [-0.05, 0) is 60.2 Å². The van der Waals surface area contributed by atoms with Gasteiger partial charge in [0.1, 0.15) is 31.0 Å². The molecule has 35 heavy (non-hydrogen) atoms. The Kier molecular flexibility index (Phi) is 6.98. The van der Waals surface area contributed by atoms with E-state index in [0.29, 0.717) is 36.1 Å². The molecule has 2 aliphatic heterocycles. The van der Waals surface area contributed by atoms with E-state index in [1.807, 2.05) is 47.4 Å². The fraction of sp³-hybridized carbons (Fsp3) is 0.276. The summed E-state index contributed by atoms with van der Waals surface area (Å²) in [6.45, 7) is 0.945. The van der Waals surface area contributed by atoms with Crippen LogP contribution in [-0.2, 0) is 0 Å². The molecule has 3 aromatic carbocycles. The first-order chi connectivity index (χ1) is 17.2. The Morgan fingerprint density at radius 3 is 2.63 bits per heavy atom. The number of nitrogens with zero attached hydrogens (tertiary/aromatic N) is 1. The van der Waals surface area contributed by atoms with Crippen molar-refractivity contribution in [2.45, 2.75) is 18.8 Å². The molecule has 1 N–H and O–H groups in total. The van der Waals surface area contributed by atoms with Crippen LogP contribution in [0.15, 0.2) is 85.3 Å². The summed E-state index contributed by atoms with van der Waals surface area (Å²) in [6, 6.07) is 24.0. The van der Waals surface area contributed by atoms with Gasteiger partial charge in [0.05, 0.1) is 5.69 Å². The molecule has 1 fully saturated rings. The number of rotatable bonds is 7. The van der Waals surface area contributed by atoms with Crippen LogP contribution in [0, 0.1) is 5.92 Å². The number of benzene rings is 3. The zero-order chi connectivity index (χ0) is 24.0. The number of ether oxygens (including phenoxy) is 2. The Labute approximate surface area is 205 Å². The Bertz CT molecular complexity index is 1190. The second-order valence-electron chi connectivity index (χ2n) is 8.90. The number of carbonyl (C=O) groups is 1. The van der Waals surface area contributed by atoms with Crippen molar-refractivity contribution in [3.05, 3.63) is 102 Å². The summed E-state index contributed by atoms with van der Waals surface area (Å²) in [5.41, 5.74) is 3.86. The summed E-state index contributed by atoms with van der Waals surface area (Å²) in [6.07, 6.45) is 5.09. The number of likely N-dealkylation sites (tertiary alicyclic amines) is 1. The van der Waals surface area contributed by atoms with E-state index >= 15 is 0 Å². The lowest BCUT2D eigenvalue weighted by Gasteiger charge is -2.37. The van der Waals surface area contributed by atoms with Crippen LogP contribution in [0.3, 0.4) is 0 Å². The molecular formula is C29H29FN2O3. The van der Waals surface area contributed by atoms with E-state index in [-0.39, 0.29) is 18.4 Å². The highest BCUT2D eigenvalue weighted by atomic mass is 19.1. The van der Waals surface area contributed by atoms with Gasteiger partial charge >= 0.3 is 0 Å². The van der Waals surface area contributed by atoms with Gasteiger partial charge in [-0.25, -0.2) is 4.39 Å². The highest BCUT2D eigenvalue weighted by molar-refractivity contribution is 5.95. The smallest absolute Gasteiger partial charge is 0.253 e. The van der Waals surface area contributed by atoms with Crippen LogP contribution >= 0.6 is 0 Å². The molecule has 2 heterocycles. The van der Waals surface area contributed by atoms with Crippen molar-refractivity contribution in [3.63, 3.8) is 0 Å². The molecule has 180 valence electrons. The average Bonchev–Trinajstić information content (AvgIpc) is 2.92. The number of hydrogen-bond acceptors (Lipinski definition) is 4. The van der Waals surface area contributed by atoms with Gasteiger partial charge < -0.3 is 19.7 Å². The Morgan fingerprint density at radius 2 is 1.83 bits per heavy atom. The fourth-order valence-corrected chi connectivity index (χ4v) is 5.08. The Morgan fingerprint density at radius 1 is 1.03 bits per heavy atom. The maximum absolute atomic E-state index is 13.2. The van der Waals surface area contributed by atoms with Gasteiger partial charge in [0.15, 0.2) is 0 Å². The first kappa shape index (κ1) is 23.0. The number of alkyl halides is 1. The zero-order valence-electron chi connectivity index (χ0n) is 19.5. The van der Waals surface area contributed by atoms with Crippen LogP contribution in [-0.4, -0.2) is 37.2 Å². The molecule has 6 heteroatoms. The minimum Gasteiger partial charge on any atom is -0.491 e. The second kappa shape index (κ2) is 10.6. The van der Waals surface area contributed by atoms with E-state index in [0.717, 1.165) is 24.1 Å². The summed E-state index contributed by atoms with van der Waals surface area (Å²) in [4.78, 5) is 15.2. The third-order valence-corrected chi connectivity index (χ3v) is 6.75. The lowest BCUT2D eigenvalue weighted by atomic mass is 9.76. The predicted molar refractivity (Wildman–Crippen MR) is 135 cm³/mol. The highest BCUT2D eigenvalue weighted by Gasteiger charge is 2.31. The van der Waals surface area contributed by atoms with Gasteiger partial charge in [0, 0.05) is 30.8 Å². The van der Waals surface area contributed by atoms with E-state index in [9.17, 15) is 9.18 Å². The number of carbonyl (C=O) groups excluding carboxylic acids is 1. The number of piperidine rings is 1. The summed E-state index contributed by atoms with van der Waals surface area (Å²) in [5.74, 6) is 2.00. The lowest BCUT2D eigenvalue weighted by molar-refractivity contribution is 0.0683. The van der Waals surface area contributed by atoms with Crippen molar-refractivity contribution in [3.8, 4) is 11.5 Å². The topological polar surface area (TPSA) is 50.8 Å². The van der Waals surface area contributed by atoms with Crippen LogP contribution in [0.25, 0.3) is 0 Å². The van der Waals surface area contributed by atoms with E-state index in [2.05, 4.69) is 35.6 Å². The quantitative estimate of drug-likeness (QED) is 0.459. The fourth-order valence-electron chi connectivity index (χ4n) is 5.08. The molecule has 0 saturated carbocycles. The molecule has 1 unspecified atom stereocenters. The van der Waals surface area contributed by atoms with Crippen LogP contribution < -0.4 is 14.8 Å². The van der Waals surface area contributed by atoms with E-state index in [1.165, 1.54) is 5.56 Å². The van der Waals surface area contributed by atoms with Crippen molar-refractivity contribution >= 4 is 11.6 Å². The summed E-state index contributed by atoms with van der Waals surface area (Å²) < 4.78 is 23.7. The number of fused-ring (bicyclic) bond motifs is 1. The van der Waals surface area contributed by atoms with Gasteiger partial charge in [0.2, 0.25) is 0 Å². The van der Waals surface area contributed by atoms with Crippen molar-refractivity contribution < 1.29 is 18.7 Å². The normalized spacial score (nSPS) is 16.1. The molecule has 0 aliphatic carbocycles. The predicted octanol–water partition coefficient (Wildman–Crippen LogP) is 5.99. The monoisotopic (exact) mass is 472 g/mol. The zero-order valence-corrected chi connectivity index (χ0v) is 19.5. The van der Waals surface area contributed by atoms with Crippen LogP contribution in [0.5, 0.6) is 11.5 Å². The molecular weight excluding hydrogens is 443 g/mol. The molecule has 5 rings (SSSR count).